The Labute approximate surface area is 138 Å². The third-order valence-electron chi connectivity index (χ3n) is 3.37. The van der Waals surface area contributed by atoms with E-state index in [4.69, 9.17) is 16.3 Å². The number of anilines is 1. The number of aromatic nitrogens is 2. The van der Waals surface area contributed by atoms with Crippen molar-refractivity contribution in [1.82, 2.24) is 9.97 Å². The lowest BCUT2D eigenvalue weighted by molar-refractivity contribution is 0.242. The van der Waals surface area contributed by atoms with Crippen molar-refractivity contribution in [3.8, 4) is 5.75 Å². The first-order valence-corrected chi connectivity index (χ1v) is 7.80. The normalized spacial score (nSPS) is 11.1. The minimum absolute atomic E-state index is 0.0895. The van der Waals surface area contributed by atoms with Gasteiger partial charge in [0.05, 0.1) is 22.2 Å². The van der Waals surface area contributed by atoms with Crippen LogP contribution in [0.25, 0.3) is 11.0 Å². The van der Waals surface area contributed by atoms with Gasteiger partial charge in [0, 0.05) is 12.2 Å². The summed E-state index contributed by atoms with van der Waals surface area (Å²) in [5, 5.41) is 3.91. The molecule has 0 bridgehead atoms. The van der Waals surface area contributed by atoms with Gasteiger partial charge in [-0.1, -0.05) is 17.7 Å². The Balaban J connectivity index is 1.71. The van der Waals surface area contributed by atoms with Crippen LogP contribution in [0.2, 0.25) is 5.02 Å². The van der Waals surface area contributed by atoms with Gasteiger partial charge in [0.15, 0.2) is 0 Å². The van der Waals surface area contributed by atoms with Gasteiger partial charge in [-0.3, -0.25) is 0 Å². The zero-order valence-corrected chi connectivity index (χ0v) is 13.7. The highest BCUT2D eigenvalue weighted by Gasteiger charge is 2.05. The number of H-pyrrole nitrogens is 2. The second kappa shape index (κ2) is 6.38. The lowest BCUT2D eigenvalue weighted by atomic mass is 10.2. The molecule has 5 nitrogen and oxygen atoms in total. The van der Waals surface area contributed by atoms with E-state index in [9.17, 15) is 4.79 Å². The van der Waals surface area contributed by atoms with Crippen LogP contribution in [-0.4, -0.2) is 16.1 Å². The first kappa shape index (κ1) is 15.5. The van der Waals surface area contributed by atoms with Crippen LogP contribution in [-0.2, 0) is 6.54 Å². The van der Waals surface area contributed by atoms with Gasteiger partial charge in [-0.15, -0.1) is 0 Å². The average Bonchev–Trinajstić information content (AvgIpc) is 2.86. The Bertz CT molecular complexity index is 883. The van der Waals surface area contributed by atoms with E-state index in [-0.39, 0.29) is 11.8 Å². The molecule has 0 atom stereocenters. The minimum Gasteiger partial charge on any atom is -0.489 e. The predicted molar refractivity (Wildman–Crippen MR) is 93.5 cm³/mol. The maximum absolute atomic E-state index is 11.3. The average molecular weight is 332 g/mol. The van der Waals surface area contributed by atoms with Crippen molar-refractivity contribution in [3.05, 3.63) is 57.5 Å². The van der Waals surface area contributed by atoms with Crippen molar-refractivity contribution < 1.29 is 4.74 Å². The summed E-state index contributed by atoms with van der Waals surface area (Å²) in [5.74, 6) is 0.691. The number of ether oxygens (including phenoxy) is 1. The maximum Gasteiger partial charge on any atom is 0.323 e. The molecule has 3 rings (SSSR count). The molecule has 1 aromatic heterocycles. The number of benzene rings is 2. The second-order valence-corrected chi connectivity index (χ2v) is 6.03. The van der Waals surface area contributed by atoms with Crippen LogP contribution in [0.15, 0.2) is 41.2 Å². The van der Waals surface area contributed by atoms with E-state index in [1.54, 1.807) is 0 Å². The van der Waals surface area contributed by atoms with Crippen LogP contribution in [0.3, 0.4) is 0 Å². The number of nitrogens with one attached hydrogen (secondary N) is 3. The van der Waals surface area contributed by atoms with E-state index in [2.05, 4.69) is 15.3 Å². The van der Waals surface area contributed by atoms with E-state index >= 15 is 0 Å². The summed E-state index contributed by atoms with van der Waals surface area (Å²) in [7, 11) is 0. The van der Waals surface area contributed by atoms with Gasteiger partial charge >= 0.3 is 5.69 Å². The number of halogens is 1. The van der Waals surface area contributed by atoms with E-state index in [0.29, 0.717) is 17.3 Å². The van der Waals surface area contributed by atoms with Crippen molar-refractivity contribution in [2.45, 2.75) is 26.5 Å². The fourth-order valence-corrected chi connectivity index (χ4v) is 2.60. The summed E-state index contributed by atoms with van der Waals surface area (Å²) in [6, 6.07) is 11.4. The largest absolute Gasteiger partial charge is 0.489 e. The summed E-state index contributed by atoms with van der Waals surface area (Å²) in [5.41, 5.74) is 3.34. The van der Waals surface area contributed by atoms with Crippen molar-refractivity contribution in [1.29, 1.82) is 0 Å². The molecule has 0 radical (unpaired) electrons. The molecule has 0 saturated carbocycles. The van der Waals surface area contributed by atoms with Crippen molar-refractivity contribution in [3.63, 3.8) is 0 Å². The number of rotatable bonds is 5. The van der Waals surface area contributed by atoms with E-state index in [1.807, 2.05) is 50.2 Å². The predicted octanol–water partition coefficient (Wildman–Crippen LogP) is 3.91. The third kappa shape index (κ3) is 3.68. The molecule has 2 aromatic carbocycles. The first-order valence-electron chi connectivity index (χ1n) is 7.42. The van der Waals surface area contributed by atoms with Crippen LogP contribution in [0.5, 0.6) is 5.75 Å². The molecule has 0 spiro atoms. The molecular formula is C17H18ClN3O2. The highest BCUT2D eigenvalue weighted by Crippen LogP contribution is 2.27. The Kier molecular flexibility index (Phi) is 4.30. The monoisotopic (exact) mass is 331 g/mol. The highest BCUT2D eigenvalue weighted by atomic mass is 35.5. The molecule has 0 aliphatic carbocycles. The molecule has 0 aliphatic rings. The molecule has 0 fully saturated rings. The zero-order valence-electron chi connectivity index (χ0n) is 12.9. The quantitative estimate of drug-likeness (QED) is 0.664. The molecule has 3 aromatic rings. The number of aromatic amines is 2. The molecule has 120 valence electrons. The topological polar surface area (TPSA) is 69.9 Å². The zero-order chi connectivity index (χ0) is 16.4. The van der Waals surface area contributed by atoms with Crippen molar-refractivity contribution in [2.75, 3.05) is 5.32 Å². The SMILES string of the molecule is CC(C)Oc1ccc(CNc2ccc3[nH]c(=O)[nH]c3c2)cc1Cl. The number of hydrogen-bond acceptors (Lipinski definition) is 3. The summed E-state index contributed by atoms with van der Waals surface area (Å²) < 4.78 is 5.62. The molecule has 23 heavy (non-hydrogen) atoms. The van der Waals surface area contributed by atoms with Gasteiger partial charge in [-0.05, 0) is 49.7 Å². The molecule has 1 heterocycles. The minimum atomic E-state index is -0.204. The van der Waals surface area contributed by atoms with E-state index in [0.717, 1.165) is 22.3 Å². The van der Waals surface area contributed by atoms with Crippen molar-refractivity contribution in [2.24, 2.45) is 0 Å². The fourth-order valence-electron chi connectivity index (χ4n) is 2.35. The number of hydrogen-bond donors (Lipinski definition) is 3. The standard InChI is InChI=1S/C17H18ClN3O2/c1-10(2)23-16-6-3-11(7-13(16)18)9-19-12-4-5-14-15(8-12)21-17(22)20-14/h3-8,10,19H,9H2,1-2H3,(H2,20,21,22). The Hall–Kier alpha value is -2.40. The van der Waals surface area contributed by atoms with Gasteiger partial charge < -0.3 is 20.0 Å². The van der Waals surface area contributed by atoms with Gasteiger partial charge in [0.2, 0.25) is 0 Å². The molecule has 0 unspecified atom stereocenters. The van der Waals surface area contributed by atoms with Crippen LogP contribution < -0.4 is 15.7 Å². The molecule has 0 amide bonds. The van der Waals surface area contributed by atoms with Gasteiger partial charge in [-0.2, -0.15) is 0 Å². The van der Waals surface area contributed by atoms with Crippen molar-refractivity contribution >= 4 is 28.3 Å². The van der Waals surface area contributed by atoms with Crippen LogP contribution >= 0.6 is 11.6 Å². The Morgan fingerprint density at radius 2 is 1.91 bits per heavy atom. The van der Waals surface area contributed by atoms with Gasteiger partial charge in [0.25, 0.3) is 0 Å². The summed E-state index contributed by atoms with van der Waals surface area (Å²) >= 11 is 6.24. The molecule has 0 aliphatic heterocycles. The maximum atomic E-state index is 11.3. The smallest absolute Gasteiger partial charge is 0.323 e. The fraction of sp³-hybridized carbons (Fsp3) is 0.235. The lowest BCUT2D eigenvalue weighted by Crippen LogP contribution is -2.06. The van der Waals surface area contributed by atoms with Crippen LogP contribution in [0, 0.1) is 0 Å². The van der Waals surface area contributed by atoms with E-state index in [1.165, 1.54) is 0 Å². The van der Waals surface area contributed by atoms with Gasteiger partial charge in [-0.25, -0.2) is 4.79 Å². The third-order valence-corrected chi connectivity index (χ3v) is 3.67. The second-order valence-electron chi connectivity index (χ2n) is 5.62. The molecular weight excluding hydrogens is 314 g/mol. The Morgan fingerprint density at radius 3 is 2.65 bits per heavy atom. The van der Waals surface area contributed by atoms with Crippen LogP contribution in [0.4, 0.5) is 5.69 Å². The highest BCUT2D eigenvalue weighted by molar-refractivity contribution is 6.32. The number of fused-ring (bicyclic) bond motifs is 1. The molecule has 3 N–H and O–H groups in total. The molecule has 0 saturated heterocycles. The lowest BCUT2D eigenvalue weighted by Gasteiger charge is -2.13. The molecule has 6 heteroatoms. The van der Waals surface area contributed by atoms with E-state index < -0.39 is 0 Å². The Morgan fingerprint density at radius 1 is 1.13 bits per heavy atom. The summed E-state index contributed by atoms with van der Waals surface area (Å²) in [4.78, 5) is 16.7. The van der Waals surface area contributed by atoms with Crippen LogP contribution in [0.1, 0.15) is 19.4 Å². The number of imidazole rings is 1. The van der Waals surface area contributed by atoms with Gasteiger partial charge in [0.1, 0.15) is 5.75 Å². The summed E-state index contributed by atoms with van der Waals surface area (Å²) in [6.07, 6.45) is 0.0895. The first-order chi connectivity index (χ1) is 11.0. The summed E-state index contributed by atoms with van der Waals surface area (Å²) in [6.45, 7) is 4.56.